The molecule has 0 N–H and O–H groups in total. The first-order chi connectivity index (χ1) is 12.5. The minimum Gasteiger partial charge on any atom is -0.489 e. The molecule has 0 spiro atoms. The van der Waals surface area contributed by atoms with Gasteiger partial charge in [0.05, 0.1) is 18.4 Å². The second-order valence-electron chi connectivity index (χ2n) is 6.17. The van der Waals surface area contributed by atoms with Crippen LogP contribution in [-0.4, -0.2) is 49.9 Å². The number of carbonyl (C=O) groups is 1. The van der Waals surface area contributed by atoms with Crippen molar-refractivity contribution in [3.63, 3.8) is 0 Å². The van der Waals surface area contributed by atoms with Crippen LogP contribution in [0, 0.1) is 5.82 Å². The summed E-state index contributed by atoms with van der Waals surface area (Å²) < 4.78 is 30.7. The summed E-state index contributed by atoms with van der Waals surface area (Å²) in [7, 11) is 3.85. The molecule has 0 saturated heterocycles. The Labute approximate surface area is 150 Å². The zero-order valence-electron chi connectivity index (χ0n) is 15.0. The van der Waals surface area contributed by atoms with Crippen molar-refractivity contribution in [2.24, 2.45) is 0 Å². The number of hydrogen-bond donors (Lipinski definition) is 0. The van der Waals surface area contributed by atoms with E-state index < -0.39 is 11.8 Å². The third-order valence-electron chi connectivity index (χ3n) is 4.02. The van der Waals surface area contributed by atoms with Gasteiger partial charge in [0, 0.05) is 11.9 Å². The second-order valence-corrected chi connectivity index (χ2v) is 6.17. The topological polar surface area (TPSA) is 64.8 Å². The fraction of sp³-hybridized carbons (Fsp3) is 0.368. The molecule has 2 aromatic carbocycles. The Hall–Kier alpha value is -2.67. The molecule has 1 aromatic heterocycles. The lowest BCUT2D eigenvalue weighted by Gasteiger charge is -2.12. The zero-order chi connectivity index (χ0) is 18.7. The van der Waals surface area contributed by atoms with Gasteiger partial charge in [0.1, 0.15) is 12.3 Å². The number of fused-ring (bicyclic) bond motifs is 3. The Morgan fingerprint density at radius 1 is 1.23 bits per heavy atom. The van der Waals surface area contributed by atoms with Gasteiger partial charge in [-0.05, 0) is 50.7 Å². The van der Waals surface area contributed by atoms with E-state index in [9.17, 15) is 9.18 Å². The molecule has 3 rings (SSSR count). The van der Waals surface area contributed by atoms with Gasteiger partial charge in [-0.25, -0.2) is 4.39 Å². The van der Waals surface area contributed by atoms with Crippen LogP contribution >= 0.6 is 0 Å². The maximum absolute atomic E-state index is 14.9. The van der Waals surface area contributed by atoms with Crippen LogP contribution in [0.5, 0.6) is 5.75 Å². The maximum atomic E-state index is 14.9. The SMILES string of the molecule is CCOC(=O)Cc1noc2ccc3c(F)c(OCCN(C)C)ccc3c12. The van der Waals surface area contributed by atoms with E-state index in [4.69, 9.17) is 14.0 Å². The number of halogens is 1. The van der Waals surface area contributed by atoms with Crippen LogP contribution in [0.2, 0.25) is 0 Å². The number of likely N-dealkylation sites (N-methyl/N-ethyl adjacent to an activating group) is 1. The minimum absolute atomic E-state index is 0.0251. The highest BCUT2D eigenvalue weighted by atomic mass is 19.1. The van der Waals surface area contributed by atoms with Crippen LogP contribution in [0.1, 0.15) is 12.6 Å². The van der Waals surface area contributed by atoms with E-state index in [0.717, 1.165) is 0 Å². The van der Waals surface area contributed by atoms with Crippen molar-refractivity contribution in [1.29, 1.82) is 0 Å². The first-order valence-electron chi connectivity index (χ1n) is 8.44. The number of hydrogen-bond acceptors (Lipinski definition) is 6. The Kier molecular flexibility index (Phi) is 5.37. The van der Waals surface area contributed by atoms with E-state index >= 15 is 0 Å². The van der Waals surface area contributed by atoms with Crippen molar-refractivity contribution in [2.45, 2.75) is 13.3 Å². The number of esters is 1. The van der Waals surface area contributed by atoms with Crippen molar-refractivity contribution in [3.8, 4) is 5.75 Å². The van der Waals surface area contributed by atoms with Gasteiger partial charge in [0.25, 0.3) is 0 Å². The Balaban J connectivity index is 1.99. The van der Waals surface area contributed by atoms with E-state index in [-0.39, 0.29) is 18.8 Å². The third-order valence-corrected chi connectivity index (χ3v) is 4.02. The highest BCUT2D eigenvalue weighted by Gasteiger charge is 2.18. The molecule has 6 nitrogen and oxygen atoms in total. The molecule has 0 bridgehead atoms. The second kappa shape index (κ2) is 7.70. The first-order valence-corrected chi connectivity index (χ1v) is 8.44. The van der Waals surface area contributed by atoms with E-state index in [0.29, 0.717) is 40.6 Å². The Morgan fingerprint density at radius 2 is 2.00 bits per heavy atom. The molecular formula is C19H21FN2O4. The normalized spacial score (nSPS) is 11.4. The van der Waals surface area contributed by atoms with E-state index in [2.05, 4.69) is 5.16 Å². The summed E-state index contributed by atoms with van der Waals surface area (Å²) in [6, 6.07) is 6.63. The fourth-order valence-electron chi connectivity index (χ4n) is 2.77. The van der Waals surface area contributed by atoms with Gasteiger partial charge in [-0.3, -0.25) is 4.79 Å². The molecular weight excluding hydrogens is 339 g/mol. The van der Waals surface area contributed by atoms with Crippen molar-refractivity contribution in [3.05, 3.63) is 35.8 Å². The Morgan fingerprint density at radius 3 is 2.73 bits per heavy atom. The van der Waals surface area contributed by atoms with Gasteiger partial charge in [0.15, 0.2) is 17.1 Å². The number of nitrogens with zero attached hydrogens (tertiary/aromatic N) is 2. The zero-order valence-corrected chi connectivity index (χ0v) is 15.0. The molecule has 0 amide bonds. The largest absolute Gasteiger partial charge is 0.489 e. The lowest BCUT2D eigenvalue weighted by atomic mass is 10.0. The third kappa shape index (κ3) is 3.62. The summed E-state index contributed by atoms with van der Waals surface area (Å²) in [4.78, 5) is 13.7. The minimum atomic E-state index is -0.438. The van der Waals surface area contributed by atoms with Crippen LogP contribution < -0.4 is 4.74 Å². The molecule has 0 aliphatic heterocycles. The number of benzene rings is 2. The lowest BCUT2D eigenvalue weighted by molar-refractivity contribution is -0.142. The van der Waals surface area contributed by atoms with Gasteiger partial charge in [0.2, 0.25) is 0 Å². The van der Waals surface area contributed by atoms with E-state index in [1.807, 2.05) is 19.0 Å². The average molecular weight is 360 g/mol. The standard InChI is InChI=1S/C19H21FN2O4/c1-4-24-17(23)11-14-18-12-5-8-16(25-10-9-22(2)3)19(20)13(12)6-7-15(18)26-21-14/h5-8H,4,9-11H2,1-3H3. The van der Waals surface area contributed by atoms with Crippen LogP contribution in [-0.2, 0) is 16.0 Å². The first kappa shape index (κ1) is 18.1. The molecule has 1 heterocycles. The van der Waals surface area contributed by atoms with Crippen LogP contribution in [0.25, 0.3) is 21.7 Å². The number of rotatable bonds is 7. The molecule has 0 aliphatic carbocycles. The van der Waals surface area contributed by atoms with Gasteiger partial charge in [-0.1, -0.05) is 5.16 Å². The molecule has 138 valence electrons. The smallest absolute Gasteiger partial charge is 0.312 e. The summed E-state index contributed by atoms with van der Waals surface area (Å²) >= 11 is 0. The van der Waals surface area contributed by atoms with Gasteiger partial charge < -0.3 is 18.9 Å². The van der Waals surface area contributed by atoms with E-state index in [1.54, 1.807) is 31.2 Å². The summed E-state index contributed by atoms with van der Waals surface area (Å²) in [5.74, 6) is -0.641. The predicted octanol–water partition coefficient (Wildman–Crippen LogP) is 3.17. The lowest BCUT2D eigenvalue weighted by Crippen LogP contribution is -2.19. The quantitative estimate of drug-likeness (QED) is 0.603. The number of carbonyl (C=O) groups excluding carboxylic acids is 1. The molecule has 0 unspecified atom stereocenters. The van der Waals surface area contributed by atoms with Crippen LogP contribution in [0.3, 0.4) is 0 Å². The summed E-state index contributed by atoms with van der Waals surface area (Å²) in [5.41, 5.74) is 0.933. The van der Waals surface area contributed by atoms with E-state index in [1.165, 1.54) is 0 Å². The average Bonchev–Trinajstić information content (AvgIpc) is 3.00. The van der Waals surface area contributed by atoms with Crippen molar-refractivity contribution < 1.29 is 23.2 Å². The highest BCUT2D eigenvalue weighted by Crippen LogP contribution is 2.33. The molecule has 0 radical (unpaired) electrons. The molecule has 26 heavy (non-hydrogen) atoms. The van der Waals surface area contributed by atoms with Crippen molar-refractivity contribution >= 4 is 27.7 Å². The number of aromatic nitrogens is 1. The van der Waals surface area contributed by atoms with Gasteiger partial charge in [-0.2, -0.15) is 0 Å². The number of ether oxygens (including phenoxy) is 2. The monoisotopic (exact) mass is 360 g/mol. The maximum Gasteiger partial charge on any atom is 0.312 e. The van der Waals surface area contributed by atoms with Crippen molar-refractivity contribution in [2.75, 3.05) is 33.9 Å². The summed E-state index contributed by atoms with van der Waals surface area (Å²) in [5, 5.41) is 5.60. The molecule has 0 atom stereocenters. The molecule has 0 fully saturated rings. The highest BCUT2D eigenvalue weighted by molar-refractivity contribution is 6.08. The van der Waals surface area contributed by atoms with Gasteiger partial charge >= 0.3 is 5.97 Å². The van der Waals surface area contributed by atoms with Gasteiger partial charge in [-0.15, -0.1) is 0 Å². The Bertz CT molecular complexity index is 936. The molecule has 0 aliphatic rings. The van der Waals surface area contributed by atoms with Crippen LogP contribution in [0.15, 0.2) is 28.8 Å². The summed E-state index contributed by atoms with van der Waals surface area (Å²) in [6.07, 6.45) is -0.0251. The molecule has 7 heteroatoms. The predicted molar refractivity (Wildman–Crippen MR) is 95.9 cm³/mol. The fourth-order valence-corrected chi connectivity index (χ4v) is 2.77. The summed E-state index contributed by atoms with van der Waals surface area (Å²) in [6.45, 7) is 3.10. The molecule has 3 aromatic rings. The molecule has 0 saturated carbocycles. The van der Waals surface area contributed by atoms with Crippen LogP contribution in [0.4, 0.5) is 4.39 Å². The van der Waals surface area contributed by atoms with Crippen molar-refractivity contribution in [1.82, 2.24) is 10.1 Å².